The number of hydrogen-bond acceptors (Lipinski definition) is 4. The Kier molecular flexibility index (Phi) is 2.82. The van der Waals surface area contributed by atoms with Crippen LogP contribution in [-0.4, -0.2) is 15.0 Å². The highest BCUT2D eigenvalue weighted by Gasteiger charge is 2.11. The number of nitrogens with zero attached hydrogens (tertiary/aromatic N) is 3. The number of nitrogens with two attached hydrogens (primary N) is 1. The molecule has 2 heterocycles. The lowest BCUT2D eigenvalue weighted by atomic mass is 10.2. The number of pyridine rings is 1. The third-order valence-corrected chi connectivity index (χ3v) is 2.21. The van der Waals surface area contributed by atoms with Crippen molar-refractivity contribution in [1.29, 1.82) is 0 Å². The van der Waals surface area contributed by atoms with Gasteiger partial charge in [0.15, 0.2) is 5.82 Å². The number of rotatable bonds is 2. The van der Waals surface area contributed by atoms with Gasteiger partial charge in [0, 0.05) is 6.20 Å². The fourth-order valence-corrected chi connectivity index (χ4v) is 1.40. The molecule has 0 saturated heterocycles. The van der Waals surface area contributed by atoms with Crippen molar-refractivity contribution in [3.8, 4) is 11.4 Å². The molecule has 0 aliphatic carbocycles. The Morgan fingerprint density at radius 1 is 1.41 bits per heavy atom. The molecular formula is C12H11FN4. The normalized spacial score (nSPS) is 10.2. The second-order valence-electron chi connectivity index (χ2n) is 3.60. The lowest BCUT2D eigenvalue weighted by Gasteiger charge is -2.06. The number of anilines is 1. The van der Waals surface area contributed by atoms with Gasteiger partial charge >= 0.3 is 0 Å². The second-order valence-corrected chi connectivity index (χ2v) is 3.60. The minimum atomic E-state index is -0.445. The maximum absolute atomic E-state index is 13.5. The summed E-state index contributed by atoms with van der Waals surface area (Å²) in [6.45, 7) is 5.51. The average Bonchev–Trinajstić information content (AvgIpc) is 2.30. The van der Waals surface area contributed by atoms with E-state index in [1.807, 2.05) is 0 Å². The molecule has 2 N–H and O–H groups in total. The van der Waals surface area contributed by atoms with E-state index in [2.05, 4.69) is 21.5 Å². The van der Waals surface area contributed by atoms with E-state index in [1.165, 1.54) is 24.5 Å². The number of aromatic nitrogens is 3. The van der Waals surface area contributed by atoms with Crippen LogP contribution in [0.2, 0.25) is 0 Å². The molecule has 2 aromatic rings. The molecule has 0 bridgehead atoms. The SMILES string of the molecule is C=C(C)c1nc(-c2ncccc2F)cnc1N. The van der Waals surface area contributed by atoms with Crippen LogP contribution in [0.25, 0.3) is 17.0 Å². The smallest absolute Gasteiger partial charge is 0.151 e. The molecule has 0 saturated carbocycles. The largest absolute Gasteiger partial charge is 0.382 e. The van der Waals surface area contributed by atoms with Crippen molar-refractivity contribution < 1.29 is 4.39 Å². The molecule has 0 spiro atoms. The van der Waals surface area contributed by atoms with Gasteiger partial charge in [0.1, 0.15) is 22.9 Å². The Labute approximate surface area is 98.1 Å². The van der Waals surface area contributed by atoms with Gasteiger partial charge in [0.25, 0.3) is 0 Å². The highest BCUT2D eigenvalue weighted by molar-refractivity contribution is 5.69. The monoisotopic (exact) mass is 230 g/mol. The van der Waals surface area contributed by atoms with Gasteiger partial charge in [0.2, 0.25) is 0 Å². The maximum atomic E-state index is 13.5. The molecule has 0 atom stereocenters. The lowest BCUT2D eigenvalue weighted by Crippen LogP contribution is -2.02. The first-order chi connectivity index (χ1) is 8.09. The van der Waals surface area contributed by atoms with Gasteiger partial charge in [0.05, 0.1) is 6.20 Å². The fourth-order valence-electron chi connectivity index (χ4n) is 1.40. The second kappa shape index (κ2) is 4.29. The Hall–Kier alpha value is -2.30. The molecule has 0 aliphatic heterocycles. The van der Waals surface area contributed by atoms with Crippen LogP contribution in [0.3, 0.4) is 0 Å². The number of allylic oxidation sites excluding steroid dienone is 1. The average molecular weight is 230 g/mol. The van der Waals surface area contributed by atoms with Crippen molar-refractivity contribution >= 4 is 11.4 Å². The summed E-state index contributed by atoms with van der Waals surface area (Å²) in [5.41, 5.74) is 7.30. The summed E-state index contributed by atoms with van der Waals surface area (Å²) in [5.74, 6) is -0.170. The van der Waals surface area contributed by atoms with Crippen molar-refractivity contribution in [2.24, 2.45) is 0 Å². The van der Waals surface area contributed by atoms with Crippen LogP contribution in [0.5, 0.6) is 0 Å². The zero-order valence-corrected chi connectivity index (χ0v) is 9.31. The molecule has 0 radical (unpaired) electrons. The molecular weight excluding hydrogens is 219 g/mol. The molecule has 0 amide bonds. The third-order valence-electron chi connectivity index (χ3n) is 2.21. The van der Waals surface area contributed by atoms with E-state index >= 15 is 0 Å². The molecule has 4 nitrogen and oxygen atoms in total. The minimum Gasteiger partial charge on any atom is -0.382 e. The van der Waals surface area contributed by atoms with Crippen molar-refractivity contribution in [2.45, 2.75) is 6.92 Å². The number of halogens is 1. The van der Waals surface area contributed by atoms with E-state index in [0.29, 0.717) is 17.0 Å². The van der Waals surface area contributed by atoms with Gasteiger partial charge in [-0.2, -0.15) is 0 Å². The molecule has 0 unspecified atom stereocenters. The van der Waals surface area contributed by atoms with Crippen molar-refractivity contribution in [2.75, 3.05) is 5.73 Å². The first kappa shape index (κ1) is 11.2. The summed E-state index contributed by atoms with van der Waals surface area (Å²) >= 11 is 0. The maximum Gasteiger partial charge on any atom is 0.151 e. The Morgan fingerprint density at radius 3 is 2.82 bits per heavy atom. The Morgan fingerprint density at radius 2 is 2.18 bits per heavy atom. The predicted octanol–water partition coefficient (Wildman–Crippen LogP) is 2.29. The molecule has 2 rings (SSSR count). The van der Waals surface area contributed by atoms with Gasteiger partial charge in [-0.1, -0.05) is 6.58 Å². The standard InChI is InChI=1S/C12H11FN4/c1-7(2)10-12(14)16-6-9(17-10)11-8(13)4-3-5-15-11/h3-6H,1H2,2H3,(H2,14,16). The predicted molar refractivity (Wildman–Crippen MR) is 64.3 cm³/mol. The molecule has 0 aromatic carbocycles. The van der Waals surface area contributed by atoms with Gasteiger partial charge in [-0.15, -0.1) is 0 Å². The number of hydrogen-bond donors (Lipinski definition) is 1. The van der Waals surface area contributed by atoms with Crippen LogP contribution < -0.4 is 5.73 Å². The molecule has 0 fully saturated rings. The van der Waals surface area contributed by atoms with E-state index in [0.717, 1.165) is 0 Å². The van der Waals surface area contributed by atoms with Crippen molar-refractivity contribution in [3.63, 3.8) is 0 Å². The first-order valence-electron chi connectivity index (χ1n) is 4.99. The molecule has 0 aliphatic rings. The van der Waals surface area contributed by atoms with Gasteiger partial charge in [-0.05, 0) is 24.6 Å². The van der Waals surface area contributed by atoms with Gasteiger partial charge < -0.3 is 5.73 Å². The zero-order valence-electron chi connectivity index (χ0n) is 9.31. The van der Waals surface area contributed by atoms with E-state index in [-0.39, 0.29) is 11.5 Å². The van der Waals surface area contributed by atoms with Crippen LogP contribution in [0.15, 0.2) is 31.1 Å². The van der Waals surface area contributed by atoms with Crippen LogP contribution in [0.1, 0.15) is 12.6 Å². The quantitative estimate of drug-likeness (QED) is 0.859. The summed E-state index contributed by atoms with van der Waals surface area (Å²) in [4.78, 5) is 12.1. The van der Waals surface area contributed by atoms with Crippen molar-refractivity contribution in [1.82, 2.24) is 15.0 Å². The summed E-state index contributed by atoms with van der Waals surface area (Å²) in [6.07, 6.45) is 2.89. The number of nitrogen functional groups attached to an aromatic ring is 1. The Bertz CT molecular complexity index is 580. The summed E-state index contributed by atoms with van der Waals surface area (Å²) in [6, 6.07) is 2.84. The van der Waals surface area contributed by atoms with E-state index in [1.54, 1.807) is 6.92 Å². The summed E-state index contributed by atoms with van der Waals surface area (Å²) < 4.78 is 13.5. The highest BCUT2D eigenvalue weighted by Crippen LogP contribution is 2.21. The van der Waals surface area contributed by atoms with Gasteiger partial charge in [-0.3, -0.25) is 4.98 Å². The molecule has 17 heavy (non-hydrogen) atoms. The van der Waals surface area contributed by atoms with E-state index in [4.69, 9.17) is 5.73 Å². The lowest BCUT2D eigenvalue weighted by molar-refractivity contribution is 0.625. The summed E-state index contributed by atoms with van der Waals surface area (Å²) in [7, 11) is 0. The molecule has 5 heteroatoms. The van der Waals surface area contributed by atoms with E-state index in [9.17, 15) is 4.39 Å². The van der Waals surface area contributed by atoms with Crippen LogP contribution in [-0.2, 0) is 0 Å². The van der Waals surface area contributed by atoms with Crippen LogP contribution in [0, 0.1) is 5.82 Å². The Balaban J connectivity index is 2.58. The molecule has 2 aromatic heterocycles. The fraction of sp³-hybridized carbons (Fsp3) is 0.0833. The van der Waals surface area contributed by atoms with Gasteiger partial charge in [-0.25, -0.2) is 14.4 Å². The van der Waals surface area contributed by atoms with E-state index < -0.39 is 5.82 Å². The molecule has 86 valence electrons. The van der Waals surface area contributed by atoms with Crippen molar-refractivity contribution in [3.05, 3.63) is 42.6 Å². The summed E-state index contributed by atoms with van der Waals surface area (Å²) in [5, 5.41) is 0. The zero-order chi connectivity index (χ0) is 12.4. The van der Waals surface area contributed by atoms with Crippen LogP contribution in [0.4, 0.5) is 10.2 Å². The topological polar surface area (TPSA) is 64.7 Å². The first-order valence-corrected chi connectivity index (χ1v) is 4.99. The third kappa shape index (κ3) is 2.13. The highest BCUT2D eigenvalue weighted by atomic mass is 19.1. The van der Waals surface area contributed by atoms with Crippen LogP contribution >= 0.6 is 0 Å². The minimum absolute atomic E-state index is 0.155.